The fraction of sp³-hybridized carbons (Fsp3) is 0.235. The number of carbonyl (C=O) groups excluding carboxylic acids is 1. The second-order valence-electron chi connectivity index (χ2n) is 4.92. The molecule has 0 saturated carbocycles. The van der Waals surface area contributed by atoms with Crippen molar-refractivity contribution in [3.05, 3.63) is 70.0 Å². The average molecular weight is 256 g/mol. The zero-order valence-electron chi connectivity index (χ0n) is 11.5. The van der Waals surface area contributed by atoms with E-state index in [-0.39, 0.29) is 18.0 Å². The molecule has 0 heterocycles. The van der Waals surface area contributed by atoms with Crippen LogP contribution in [-0.2, 0) is 6.42 Å². The Kier molecular flexibility index (Phi) is 3.79. The molecule has 0 N–H and O–H groups in total. The molecule has 0 aliphatic carbocycles. The smallest absolute Gasteiger partial charge is 0.167 e. The molecule has 0 aromatic heterocycles. The third-order valence-corrected chi connectivity index (χ3v) is 3.56. The molecule has 0 bridgehead atoms. The van der Waals surface area contributed by atoms with Gasteiger partial charge in [0.05, 0.1) is 0 Å². The Hall–Kier alpha value is -1.96. The van der Waals surface area contributed by atoms with Crippen molar-refractivity contribution < 1.29 is 9.18 Å². The molecule has 0 fully saturated rings. The third kappa shape index (κ3) is 2.90. The van der Waals surface area contributed by atoms with E-state index in [9.17, 15) is 9.18 Å². The fourth-order valence-electron chi connectivity index (χ4n) is 2.03. The van der Waals surface area contributed by atoms with E-state index >= 15 is 0 Å². The van der Waals surface area contributed by atoms with Crippen molar-refractivity contribution in [2.45, 2.75) is 27.2 Å². The van der Waals surface area contributed by atoms with Gasteiger partial charge in [-0.1, -0.05) is 24.3 Å². The van der Waals surface area contributed by atoms with Crippen molar-refractivity contribution in [2.75, 3.05) is 0 Å². The fourth-order valence-corrected chi connectivity index (χ4v) is 2.03. The second-order valence-corrected chi connectivity index (χ2v) is 4.92. The Bertz CT molecular complexity index is 629. The maximum absolute atomic E-state index is 13.4. The molecule has 0 aliphatic rings. The summed E-state index contributed by atoms with van der Waals surface area (Å²) in [4.78, 5) is 12.2. The number of carbonyl (C=O) groups is 1. The molecule has 0 radical (unpaired) electrons. The van der Waals surface area contributed by atoms with Crippen LogP contribution < -0.4 is 0 Å². The first-order valence-electron chi connectivity index (χ1n) is 6.33. The van der Waals surface area contributed by atoms with Gasteiger partial charge in [-0.05, 0) is 55.2 Å². The van der Waals surface area contributed by atoms with Crippen molar-refractivity contribution in [3.8, 4) is 0 Å². The molecule has 2 aromatic rings. The molecule has 0 atom stereocenters. The molecule has 19 heavy (non-hydrogen) atoms. The van der Waals surface area contributed by atoms with Crippen LogP contribution in [-0.4, -0.2) is 5.78 Å². The quantitative estimate of drug-likeness (QED) is 0.753. The van der Waals surface area contributed by atoms with Crippen LogP contribution in [0.1, 0.15) is 32.6 Å². The summed E-state index contributed by atoms with van der Waals surface area (Å²) in [6.07, 6.45) is 0.242. The van der Waals surface area contributed by atoms with Gasteiger partial charge in [-0.15, -0.1) is 0 Å². The Morgan fingerprint density at radius 3 is 2.47 bits per heavy atom. The molecule has 0 spiro atoms. The van der Waals surface area contributed by atoms with Gasteiger partial charge in [0, 0.05) is 12.0 Å². The predicted octanol–water partition coefficient (Wildman–Crippen LogP) is 4.18. The van der Waals surface area contributed by atoms with Crippen molar-refractivity contribution >= 4 is 5.78 Å². The predicted molar refractivity (Wildman–Crippen MR) is 75.1 cm³/mol. The number of rotatable bonds is 3. The number of benzene rings is 2. The van der Waals surface area contributed by atoms with E-state index in [2.05, 4.69) is 0 Å². The number of hydrogen-bond acceptors (Lipinski definition) is 1. The summed E-state index contributed by atoms with van der Waals surface area (Å²) >= 11 is 0. The minimum Gasteiger partial charge on any atom is -0.294 e. The van der Waals surface area contributed by atoms with Crippen molar-refractivity contribution in [2.24, 2.45) is 0 Å². The van der Waals surface area contributed by atoms with Gasteiger partial charge >= 0.3 is 0 Å². The van der Waals surface area contributed by atoms with Crippen molar-refractivity contribution in [1.29, 1.82) is 0 Å². The first-order chi connectivity index (χ1) is 8.99. The number of ketones is 1. The Morgan fingerprint density at radius 1 is 1.05 bits per heavy atom. The number of hydrogen-bond donors (Lipinski definition) is 0. The van der Waals surface area contributed by atoms with Crippen LogP contribution in [0.3, 0.4) is 0 Å². The van der Waals surface area contributed by atoms with Crippen LogP contribution in [0.25, 0.3) is 0 Å². The van der Waals surface area contributed by atoms with E-state index in [0.717, 1.165) is 11.1 Å². The Balaban J connectivity index is 2.26. The maximum Gasteiger partial charge on any atom is 0.167 e. The molecule has 0 aliphatic heterocycles. The Morgan fingerprint density at radius 2 is 1.79 bits per heavy atom. The summed E-state index contributed by atoms with van der Waals surface area (Å²) in [5.41, 5.74) is 4.26. The first-order valence-corrected chi connectivity index (χ1v) is 6.33. The van der Waals surface area contributed by atoms with Gasteiger partial charge in [0.15, 0.2) is 5.78 Å². The first kappa shape index (κ1) is 13.5. The lowest BCUT2D eigenvalue weighted by Gasteiger charge is -2.07. The van der Waals surface area contributed by atoms with Gasteiger partial charge < -0.3 is 0 Å². The normalized spacial score (nSPS) is 10.5. The molecular weight excluding hydrogens is 239 g/mol. The van der Waals surface area contributed by atoms with Crippen LogP contribution in [0.5, 0.6) is 0 Å². The third-order valence-electron chi connectivity index (χ3n) is 3.56. The summed E-state index contributed by atoms with van der Waals surface area (Å²) in [7, 11) is 0. The standard InChI is InChI=1S/C17H17FO/c1-11-7-8-15(9-12(11)2)17(19)10-14-5-4-6-16(18)13(14)3/h4-9H,10H2,1-3H3. The van der Waals surface area contributed by atoms with E-state index in [1.807, 2.05) is 32.0 Å². The largest absolute Gasteiger partial charge is 0.294 e. The molecule has 98 valence electrons. The lowest BCUT2D eigenvalue weighted by atomic mass is 9.97. The summed E-state index contributed by atoms with van der Waals surface area (Å²) in [6.45, 7) is 5.71. The van der Waals surface area contributed by atoms with E-state index < -0.39 is 0 Å². The lowest BCUT2D eigenvalue weighted by molar-refractivity contribution is 0.0992. The molecule has 2 heteroatoms. The monoisotopic (exact) mass is 256 g/mol. The van der Waals surface area contributed by atoms with Crippen LogP contribution in [0.2, 0.25) is 0 Å². The minimum absolute atomic E-state index is 0.0248. The Labute approximate surface area is 113 Å². The topological polar surface area (TPSA) is 17.1 Å². The van der Waals surface area contributed by atoms with E-state index in [1.54, 1.807) is 19.1 Å². The lowest BCUT2D eigenvalue weighted by Crippen LogP contribution is -2.06. The van der Waals surface area contributed by atoms with Crippen LogP contribution in [0.15, 0.2) is 36.4 Å². The minimum atomic E-state index is -0.259. The number of aryl methyl sites for hydroxylation is 2. The molecule has 0 unspecified atom stereocenters. The van der Waals surface area contributed by atoms with E-state index in [4.69, 9.17) is 0 Å². The zero-order valence-corrected chi connectivity index (χ0v) is 11.5. The van der Waals surface area contributed by atoms with Gasteiger partial charge in [0.1, 0.15) is 5.82 Å². The molecule has 0 amide bonds. The molecular formula is C17H17FO. The molecule has 1 nitrogen and oxygen atoms in total. The molecule has 0 saturated heterocycles. The molecule has 2 aromatic carbocycles. The molecule has 2 rings (SSSR count). The highest BCUT2D eigenvalue weighted by Crippen LogP contribution is 2.16. The van der Waals surface area contributed by atoms with Gasteiger partial charge in [-0.2, -0.15) is 0 Å². The summed E-state index contributed by atoms with van der Waals surface area (Å²) in [6, 6.07) is 10.5. The second kappa shape index (κ2) is 5.35. The van der Waals surface area contributed by atoms with Gasteiger partial charge in [-0.25, -0.2) is 4.39 Å². The summed E-state index contributed by atoms with van der Waals surface area (Å²) in [5.74, 6) is -0.234. The van der Waals surface area contributed by atoms with Crippen molar-refractivity contribution in [3.63, 3.8) is 0 Å². The SMILES string of the molecule is Cc1ccc(C(=O)Cc2cccc(F)c2C)cc1C. The van der Waals surface area contributed by atoms with Crippen LogP contribution >= 0.6 is 0 Å². The van der Waals surface area contributed by atoms with Gasteiger partial charge in [0.2, 0.25) is 0 Å². The van der Waals surface area contributed by atoms with Crippen molar-refractivity contribution in [1.82, 2.24) is 0 Å². The zero-order chi connectivity index (χ0) is 14.0. The summed E-state index contributed by atoms with van der Waals surface area (Å²) < 4.78 is 13.4. The van der Waals surface area contributed by atoms with Gasteiger partial charge in [-0.3, -0.25) is 4.79 Å². The number of halogens is 1. The highest BCUT2D eigenvalue weighted by Gasteiger charge is 2.11. The number of Topliss-reactive ketones (excluding diaryl/α,β-unsaturated/α-hetero) is 1. The average Bonchev–Trinajstić information content (AvgIpc) is 2.38. The summed E-state index contributed by atoms with van der Waals surface area (Å²) in [5, 5.41) is 0. The van der Waals surface area contributed by atoms with E-state index in [0.29, 0.717) is 11.1 Å². The van der Waals surface area contributed by atoms with Gasteiger partial charge in [0.25, 0.3) is 0 Å². The maximum atomic E-state index is 13.4. The van der Waals surface area contributed by atoms with E-state index in [1.165, 1.54) is 11.6 Å². The van der Waals surface area contributed by atoms with Crippen LogP contribution in [0, 0.1) is 26.6 Å². The highest BCUT2D eigenvalue weighted by molar-refractivity contribution is 5.97. The van der Waals surface area contributed by atoms with Crippen LogP contribution in [0.4, 0.5) is 4.39 Å². The highest BCUT2D eigenvalue weighted by atomic mass is 19.1.